The van der Waals surface area contributed by atoms with Gasteiger partial charge in [0.15, 0.2) is 0 Å². The number of hydrogen-bond acceptors (Lipinski definition) is 6. The summed E-state index contributed by atoms with van der Waals surface area (Å²) in [5.41, 5.74) is 10.1. The van der Waals surface area contributed by atoms with Crippen molar-refractivity contribution in [2.75, 3.05) is 38.3 Å². The molecule has 0 bridgehead atoms. The summed E-state index contributed by atoms with van der Waals surface area (Å²) in [6, 6.07) is 16.9. The number of imidazole rings is 1. The van der Waals surface area contributed by atoms with Crippen molar-refractivity contribution >= 4 is 27.6 Å². The molecule has 0 saturated carbocycles. The van der Waals surface area contributed by atoms with Crippen LogP contribution in [0.4, 0.5) is 5.69 Å². The third-order valence-corrected chi connectivity index (χ3v) is 5.88. The van der Waals surface area contributed by atoms with Gasteiger partial charge < -0.3 is 20.1 Å². The van der Waals surface area contributed by atoms with Crippen LogP contribution in [-0.4, -0.2) is 54.0 Å². The third kappa shape index (κ3) is 4.06. The minimum absolute atomic E-state index is 0.332. The van der Waals surface area contributed by atoms with E-state index in [1.807, 2.05) is 35.2 Å². The summed E-state index contributed by atoms with van der Waals surface area (Å²) in [6.45, 7) is 3.09. The lowest BCUT2D eigenvalue weighted by Crippen LogP contribution is -2.39. The molecule has 1 aliphatic heterocycles. The summed E-state index contributed by atoms with van der Waals surface area (Å²) >= 11 is 0. The molecule has 0 atom stereocenters. The zero-order valence-electron chi connectivity index (χ0n) is 17.7. The van der Waals surface area contributed by atoms with Crippen molar-refractivity contribution in [1.29, 1.82) is 0 Å². The Morgan fingerprint density at radius 3 is 2.71 bits per heavy atom. The molecule has 5 rings (SSSR count). The van der Waals surface area contributed by atoms with Gasteiger partial charge in [0.2, 0.25) is 0 Å². The largest absolute Gasteiger partial charge is 0.491 e. The van der Waals surface area contributed by atoms with Gasteiger partial charge in [0.25, 0.3) is 0 Å². The van der Waals surface area contributed by atoms with Crippen molar-refractivity contribution in [2.24, 2.45) is 5.73 Å². The predicted molar refractivity (Wildman–Crippen MR) is 123 cm³/mol. The van der Waals surface area contributed by atoms with Crippen molar-refractivity contribution in [3.63, 3.8) is 0 Å². The minimum atomic E-state index is 0.332. The van der Waals surface area contributed by atoms with Gasteiger partial charge in [-0.3, -0.25) is 4.57 Å². The highest BCUT2D eigenvalue weighted by Crippen LogP contribution is 2.26. The van der Waals surface area contributed by atoms with Crippen LogP contribution in [-0.2, 0) is 4.74 Å². The van der Waals surface area contributed by atoms with Gasteiger partial charge in [-0.2, -0.15) is 0 Å². The van der Waals surface area contributed by atoms with Gasteiger partial charge in [-0.25, -0.2) is 9.97 Å². The summed E-state index contributed by atoms with van der Waals surface area (Å²) in [6.07, 6.45) is 3.90. The lowest BCUT2D eigenvalue weighted by molar-refractivity contribution is 0.146. The summed E-state index contributed by atoms with van der Waals surface area (Å²) in [7, 11) is 1.66. The average Bonchev–Trinajstić information content (AvgIpc) is 3.22. The van der Waals surface area contributed by atoms with E-state index in [9.17, 15) is 0 Å². The summed E-state index contributed by atoms with van der Waals surface area (Å²) in [5, 5.41) is 1.13. The van der Waals surface area contributed by atoms with Crippen molar-refractivity contribution < 1.29 is 9.47 Å². The quantitative estimate of drug-likeness (QED) is 0.484. The lowest BCUT2D eigenvalue weighted by Gasteiger charge is -2.32. The van der Waals surface area contributed by atoms with Crippen LogP contribution in [0.5, 0.6) is 5.75 Å². The van der Waals surface area contributed by atoms with Gasteiger partial charge >= 0.3 is 0 Å². The Hall–Kier alpha value is -3.16. The summed E-state index contributed by atoms with van der Waals surface area (Å²) < 4.78 is 12.7. The Kier molecular flexibility index (Phi) is 5.44. The number of anilines is 1. The highest BCUT2D eigenvalue weighted by Gasteiger charge is 2.17. The molecule has 3 heterocycles. The highest BCUT2D eigenvalue weighted by molar-refractivity contribution is 5.84. The van der Waals surface area contributed by atoms with E-state index in [1.54, 1.807) is 7.11 Å². The lowest BCUT2D eigenvalue weighted by atomic mass is 10.0. The fraction of sp³-hybridized carbons (Fsp3) is 0.333. The Balaban J connectivity index is 1.41. The smallest absolute Gasteiger partial charge is 0.139 e. The number of hydrogen-bond donors (Lipinski definition) is 1. The number of ether oxygens (including phenoxy) is 2. The Morgan fingerprint density at radius 2 is 1.87 bits per heavy atom. The average molecular weight is 418 g/mol. The number of methoxy groups -OCH3 is 1. The molecule has 31 heavy (non-hydrogen) atoms. The first-order valence-electron chi connectivity index (χ1n) is 10.7. The molecular weight excluding hydrogens is 390 g/mol. The molecule has 0 unspecified atom stereocenters. The van der Waals surface area contributed by atoms with Gasteiger partial charge in [-0.05, 0) is 55.3 Å². The van der Waals surface area contributed by atoms with Crippen LogP contribution >= 0.6 is 0 Å². The highest BCUT2D eigenvalue weighted by atomic mass is 16.5. The van der Waals surface area contributed by atoms with Crippen molar-refractivity contribution in [3.8, 4) is 11.6 Å². The molecule has 7 heteroatoms. The molecule has 1 aliphatic rings. The maximum Gasteiger partial charge on any atom is 0.139 e. The van der Waals surface area contributed by atoms with Gasteiger partial charge in [-0.15, -0.1) is 0 Å². The van der Waals surface area contributed by atoms with E-state index in [1.165, 1.54) is 5.69 Å². The van der Waals surface area contributed by atoms with Crippen LogP contribution in [0.1, 0.15) is 12.8 Å². The van der Waals surface area contributed by atoms with Gasteiger partial charge in [0, 0.05) is 43.4 Å². The first kappa shape index (κ1) is 19.8. The van der Waals surface area contributed by atoms with Crippen LogP contribution in [0.2, 0.25) is 0 Å². The Morgan fingerprint density at radius 1 is 1.00 bits per heavy atom. The van der Waals surface area contributed by atoms with Crippen LogP contribution in [0.3, 0.4) is 0 Å². The van der Waals surface area contributed by atoms with Crippen molar-refractivity contribution in [3.05, 3.63) is 54.9 Å². The SMILES string of the molecule is COCCOc1ccc2c(c1)ncn2-c1ccc2cc(N3CCC(N)CC3)ccc2n1. The van der Waals surface area contributed by atoms with Gasteiger partial charge in [-0.1, -0.05) is 0 Å². The Bertz CT molecular complexity index is 1200. The number of aromatic nitrogens is 3. The maximum absolute atomic E-state index is 6.05. The van der Waals surface area contributed by atoms with E-state index in [0.29, 0.717) is 19.3 Å². The number of nitrogens with two attached hydrogens (primary N) is 1. The van der Waals surface area contributed by atoms with E-state index in [2.05, 4.69) is 34.1 Å². The molecule has 1 saturated heterocycles. The zero-order valence-corrected chi connectivity index (χ0v) is 17.7. The predicted octanol–water partition coefficient (Wildman–Crippen LogP) is 3.53. The molecule has 2 aromatic carbocycles. The number of piperidine rings is 1. The molecule has 160 valence electrons. The number of rotatable bonds is 6. The second kappa shape index (κ2) is 8.53. The number of nitrogens with zero attached hydrogens (tertiary/aromatic N) is 4. The zero-order chi connectivity index (χ0) is 21.2. The summed E-state index contributed by atoms with van der Waals surface area (Å²) in [5.74, 6) is 1.63. The number of pyridine rings is 1. The third-order valence-electron chi connectivity index (χ3n) is 5.88. The van der Waals surface area contributed by atoms with Crippen LogP contribution in [0.25, 0.3) is 27.8 Å². The van der Waals surface area contributed by atoms with E-state index in [0.717, 1.165) is 59.4 Å². The van der Waals surface area contributed by atoms with Gasteiger partial charge in [0.05, 0.1) is 23.2 Å². The van der Waals surface area contributed by atoms with Crippen LogP contribution in [0.15, 0.2) is 54.9 Å². The molecule has 0 aliphatic carbocycles. The standard InChI is InChI=1S/C24H27N5O2/c1-30-12-13-31-20-4-6-23-22(15-20)26-16-29(23)24-7-2-17-14-19(3-5-21(17)27-24)28-10-8-18(25)9-11-28/h2-7,14-16,18H,8-13,25H2,1H3. The Labute approximate surface area is 181 Å². The molecule has 4 aromatic rings. The van der Waals surface area contributed by atoms with E-state index in [-0.39, 0.29) is 0 Å². The van der Waals surface area contributed by atoms with E-state index >= 15 is 0 Å². The maximum atomic E-state index is 6.05. The van der Waals surface area contributed by atoms with Crippen LogP contribution < -0.4 is 15.4 Å². The summed E-state index contributed by atoms with van der Waals surface area (Å²) in [4.78, 5) is 11.8. The topological polar surface area (TPSA) is 78.4 Å². The first-order valence-corrected chi connectivity index (χ1v) is 10.7. The number of fused-ring (bicyclic) bond motifs is 2. The second-order valence-electron chi connectivity index (χ2n) is 7.98. The minimum Gasteiger partial charge on any atom is -0.491 e. The van der Waals surface area contributed by atoms with Gasteiger partial charge in [0.1, 0.15) is 24.5 Å². The molecule has 0 radical (unpaired) electrons. The first-order chi connectivity index (χ1) is 15.2. The molecule has 0 spiro atoms. The fourth-order valence-corrected chi connectivity index (χ4v) is 4.10. The molecule has 1 fully saturated rings. The van der Waals surface area contributed by atoms with Crippen molar-refractivity contribution in [2.45, 2.75) is 18.9 Å². The van der Waals surface area contributed by atoms with E-state index in [4.69, 9.17) is 20.2 Å². The van der Waals surface area contributed by atoms with Crippen molar-refractivity contribution in [1.82, 2.24) is 14.5 Å². The second-order valence-corrected chi connectivity index (χ2v) is 7.98. The van der Waals surface area contributed by atoms with Crippen LogP contribution in [0, 0.1) is 0 Å². The monoisotopic (exact) mass is 417 g/mol. The molecule has 2 N–H and O–H groups in total. The number of benzene rings is 2. The van der Waals surface area contributed by atoms with E-state index < -0.39 is 0 Å². The molecule has 2 aromatic heterocycles. The molecule has 7 nitrogen and oxygen atoms in total. The normalized spacial score (nSPS) is 15.1. The fourth-order valence-electron chi connectivity index (χ4n) is 4.10. The molecule has 0 amide bonds. The molecular formula is C24H27N5O2.